The summed E-state index contributed by atoms with van der Waals surface area (Å²) < 4.78 is 16.0. The summed E-state index contributed by atoms with van der Waals surface area (Å²) >= 11 is 0. The third-order valence-electron chi connectivity index (χ3n) is 3.76. The van der Waals surface area contributed by atoms with Crippen molar-refractivity contribution in [1.82, 2.24) is 0 Å². The first-order valence-corrected chi connectivity index (χ1v) is 8.27. The lowest BCUT2D eigenvalue weighted by atomic mass is 10.1. The van der Waals surface area contributed by atoms with Gasteiger partial charge in [-0.15, -0.1) is 0 Å². The van der Waals surface area contributed by atoms with Crippen molar-refractivity contribution in [3.8, 4) is 11.5 Å². The number of hydrogen-bond acceptors (Lipinski definition) is 6. The van der Waals surface area contributed by atoms with Crippen molar-refractivity contribution in [2.45, 2.75) is 0 Å². The van der Waals surface area contributed by atoms with Crippen LogP contribution in [0.25, 0.3) is 10.8 Å². The van der Waals surface area contributed by atoms with Crippen molar-refractivity contribution in [3.05, 3.63) is 76.8 Å². The number of nitro groups is 1. The number of nitro benzene ring substituents is 1. The van der Waals surface area contributed by atoms with Crippen LogP contribution >= 0.6 is 0 Å². The number of non-ortho nitro benzene ring substituents is 1. The molecule has 7 heteroatoms. The highest BCUT2D eigenvalue weighted by Crippen LogP contribution is 2.25. The Hall–Kier alpha value is -3.61. The Labute approximate surface area is 155 Å². The van der Waals surface area contributed by atoms with Gasteiger partial charge >= 0.3 is 5.97 Å². The molecule has 0 aliphatic carbocycles. The first-order valence-electron chi connectivity index (χ1n) is 8.27. The van der Waals surface area contributed by atoms with Crippen molar-refractivity contribution in [3.63, 3.8) is 0 Å². The molecule has 0 fully saturated rings. The quantitative estimate of drug-likeness (QED) is 0.261. The molecule has 0 atom stereocenters. The van der Waals surface area contributed by atoms with Gasteiger partial charge in [-0.3, -0.25) is 10.1 Å². The molecule has 0 saturated carbocycles. The van der Waals surface area contributed by atoms with E-state index in [1.54, 1.807) is 6.07 Å². The molecule has 3 rings (SSSR count). The largest absolute Gasteiger partial charge is 0.490 e. The molecular weight excluding hydrogens is 350 g/mol. The molecule has 0 aromatic heterocycles. The highest BCUT2D eigenvalue weighted by Gasteiger charge is 2.08. The Bertz CT molecular complexity index is 933. The average Bonchev–Trinajstić information content (AvgIpc) is 2.70. The first-order chi connectivity index (χ1) is 13.1. The van der Waals surface area contributed by atoms with Crippen molar-refractivity contribution >= 4 is 22.4 Å². The molecule has 0 heterocycles. The fourth-order valence-electron chi connectivity index (χ4n) is 2.48. The van der Waals surface area contributed by atoms with Gasteiger partial charge in [0.2, 0.25) is 0 Å². The number of benzene rings is 3. The zero-order valence-corrected chi connectivity index (χ0v) is 14.4. The standard InChI is InChI=1S/C20H17NO6/c22-20(14-27-19-7-3-5-15-4-1-2-6-18(15)19)26-13-12-25-17-10-8-16(9-11-17)21(23)24/h1-11H,12-14H2. The van der Waals surface area contributed by atoms with Crippen LogP contribution in [0.1, 0.15) is 0 Å². The number of carbonyl (C=O) groups excluding carboxylic acids is 1. The second kappa shape index (κ2) is 8.66. The van der Waals surface area contributed by atoms with E-state index in [4.69, 9.17) is 14.2 Å². The summed E-state index contributed by atoms with van der Waals surface area (Å²) in [7, 11) is 0. The zero-order valence-electron chi connectivity index (χ0n) is 14.4. The maximum atomic E-state index is 11.8. The topological polar surface area (TPSA) is 87.9 Å². The lowest BCUT2D eigenvalue weighted by molar-refractivity contribution is -0.384. The third kappa shape index (κ3) is 4.94. The molecule has 0 amide bonds. The van der Waals surface area contributed by atoms with E-state index in [0.717, 1.165) is 10.8 Å². The van der Waals surface area contributed by atoms with Crippen LogP contribution in [0.3, 0.4) is 0 Å². The number of carbonyl (C=O) groups is 1. The van der Waals surface area contributed by atoms with Crippen LogP contribution in [0.4, 0.5) is 5.69 Å². The van der Waals surface area contributed by atoms with E-state index in [-0.39, 0.29) is 25.5 Å². The highest BCUT2D eigenvalue weighted by atomic mass is 16.6. The SMILES string of the molecule is O=C(COc1cccc2ccccc12)OCCOc1ccc([N+](=O)[O-])cc1. The number of esters is 1. The van der Waals surface area contributed by atoms with E-state index in [1.165, 1.54) is 24.3 Å². The van der Waals surface area contributed by atoms with Crippen LogP contribution < -0.4 is 9.47 Å². The van der Waals surface area contributed by atoms with Gasteiger partial charge in [-0.05, 0) is 23.6 Å². The predicted molar refractivity (Wildman–Crippen MR) is 99.0 cm³/mol. The van der Waals surface area contributed by atoms with Gasteiger partial charge in [0.15, 0.2) is 6.61 Å². The number of fused-ring (bicyclic) bond motifs is 1. The molecule has 3 aromatic rings. The average molecular weight is 367 g/mol. The van der Waals surface area contributed by atoms with Gasteiger partial charge in [-0.1, -0.05) is 36.4 Å². The van der Waals surface area contributed by atoms with Gasteiger partial charge in [-0.2, -0.15) is 0 Å². The van der Waals surface area contributed by atoms with Crippen molar-refractivity contribution in [2.75, 3.05) is 19.8 Å². The Balaban J connectivity index is 1.41. The molecule has 7 nitrogen and oxygen atoms in total. The minimum absolute atomic E-state index is 0.0145. The van der Waals surface area contributed by atoms with E-state index in [9.17, 15) is 14.9 Å². The smallest absolute Gasteiger partial charge is 0.344 e. The van der Waals surface area contributed by atoms with Crippen LogP contribution in [0.15, 0.2) is 66.7 Å². The van der Waals surface area contributed by atoms with E-state index >= 15 is 0 Å². The van der Waals surface area contributed by atoms with E-state index in [0.29, 0.717) is 11.5 Å². The lowest BCUT2D eigenvalue weighted by Gasteiger charge is -2.10. The molecule has 3 aromatic carbocycles. The zero-order chi connectivity index (χ0) is 19.1. The molecule has 0 saturated heterocycles. The molecule has 0 aliphatic rings. The van der Waals surface area contributed by atoms with Crippen LogP contribution in [0.2, 0.25) is 0 Å². The first kappa shape index (κ1) is 18.2. The second-order valence-electron chi connectivity index (χ2n) is 5.59. The lowest BCUT2D eigenvalue weighted by Crippen LogP contribution is -2.18. The minimum Gasteiger partial charge on any atom is -0.490 e. The van der Waals surface area contributed by atoms with E-state index < -0.39 is 10.9 Å². The van der Waals surface area contributed by atoms with Crippen molar-refractivity contribution < 1.29 is 23.9 Å². The van der Waals surface area contributed by atoms with Crippen LogP contribution in [0, 0.1) is 10.1 Å². The van der Waals surface area contributed by atoms with Gasteiger partial charge in [0.25, 0.3) is 5.69 Å². The monoisotopic (exact) mass is 367 g/mol. The molecule has 0 radical (unpaired) electrons. The molecule has 27 heavy (non-hydrogen) atoms. The Morgan fingerprint density at radius 1 is 0.889 bits per heavy atom. The summed E-state index contributed by atoms with van der Waals surface area (Å²) in [5, 5.41) is 12.5. The maximum Gasteiger partial charge on any atom is 0.344 e. The second-order valence-corrected chi connectivity index (χ2v) is 5.59. The summed E-state index contributed by atoms with van der Waals surface area (Å²) in [6.45, 7) is -0.0158. The van der Waals surface area contributed by atoms with Gasteiger partial charge < -0.3 is 14.2 Å². The Morgan fingerprint density at radius 2 is 1.63 bits per heavy atom. The molecule has 0 bridgehead atoms. The van der Waals surface area contributed by atoms with Gasteiger partial charge in [-0.25, -0.2) is 4.79 Å². The fraction of sp³-hybridized carbons (Fsp3) is 0.150. The summed E-state index contributed by atoms with van der Waals surface area (Å²) in [6, 6.07) is 19.0. The summed E-state index contributed by atoms with van der Waals surface area (Å²) in [5.74, 6) is 0.575. The van der Waals surface area contributed by atoms with Gasteiger partial charge in [0, 0.05) is 17.5 Å². The minimum atomic E-state index is -0.504. The van der Waals surface area contributed by atoms with Crippen LogP contribution in [-0.4, -0.2) is 30.7 Å². The van der Waals surface area contributed by atoms with Gasteiger partial charge in [0.05, 0.1) is 4.92 Å². The number of ether oxygens (including phenoxy) is 3. The normalized spacial score (nSPS) is 10.4. The molecular formula is C20H17NO6. The molecule has 0 N–H and O–H groups in total. The molecule has 0 spiro atoms. The van der Waals surface area contributed by atoms with Crippen LogP contribution in [0.5, 0.6) is 11.5 Å². The molecule has 0 unspecified atom stereocenters. The highest BCUT2D eigenvalue weighted by molar-refractivity contribution is 5.88. The Morgan fingerprint density at radius 3 is 2.41 bits per heavy atom. The molecule has 0 aliphatic heterocycles. The van der Waals surface area contributed by atoms with Crippen LogP contribution in [-0.2, 0) is 9.53 Å². The number of nitrogens with zero attached hydrogens (tertiary/aromatic N) is 1. The Kier molecular flexibility index (Phi) is 5.84. The van der Waals surface area contributed by atoms with E-state index in [2.05, 4.69) is 0 Å². The summed E-state index contributed by atoms with van der Waals surface area (Å²) in [6.07, 6.45) is 0. The predicted octanol–water partition coefficient (Wildman–Crippen LogP) is 3.75. The van der Waals surface area contributed by atoms with Crippen molar-refractivity contribution in [1.29, 1.82) is 0 Å². The summed E-state index contributed by atoms with van der Waals surface area (Å²) in [5.41, 5.74) is -0.0145. The van der Waals surface area contributed by atoms with E-state index in [1.807, 2.05) is 36.4 Å². The number of hydrogen-bond donors (Lipinski definition) is 0. The van der Waals surface area contributed by atoms with Crippen molar-refractivity contribution in [2.24, 2.45) is 0 Å². The number of rotatable bonds is 8. The molecule has 138 valence electrons. The third-order valence-corrected chi connectivity index (χ3v) is 3.76. The maximum absolute atomic E-state index is 11.8. The summed E-state index contributed by atoms with van der Waals surface area (Å²) in [4.78, 5) is 21.9. The van der Waals surface area contributed by atoms with Gasteiger partial charge in [0.1, 0.15) is 24.7 Å². The fourth-order valence-corrected chi connectivity index (χ4v) is 2.48.